The number of hydrogen-bond acceptors (Lipinski definition) is 5. The van der Waals surface area contributed by atoms with Gasteiger partial charge in [0, 0.05) is 12.1 Å². The molecule has 4 rings (SSSR count). The van der Waals surface area contributed by atoms with Crippen molar-refractivity contribution >= 4 is 17.5 Å². The van der Waals surface area contributed by atoms with Gasteiger partial charge in [0.1, 0.15) is 17.5 Å². The molecule has 1 N–H and O–H groups in total. The Morgan fingerprint density at radius 2 is 1.76 bits per heavy atom. The van der Waals surface area contributed by atoms with Gasteiger partial charge in [-0.05, 0) is 42.7 Å². The molecular formula is C26H28N2O5. The molecule has 1 atom stereocenters. The number of benzene rings is 2. The lowest BCUT2D eigenvalue weighted by atomic mass is 10.0. The number of rotatable bonds is 8. The summed E-state index contributed by atoms with van der Waals surface area (Å²) in [5.41, 5.74) is 1.13. The number of furan rings is 1. The monoisotopic (exact) mass is 448 g/mol. The fourth-order valence-corrected chi connectivity index (χ4v) is 4.27. The minimum absolute atomic E-state index is 0.0991. The highest BCUT2D eigenvalue weighted by atomic mass is 16.5. The summed E-state index contributed by atoms with van der Waals surface area (Å²) in [4.78, 5) is 28.9. The Balaban J connectivity index is 1.84. The molecule has 7 heteroatoms. The summed E-state index contributed by atoms with van der Waals surface area (Å²) in [6.07, 6.45) is 5.48. The number of carbonyl (C=O) groups excluding carboxylic acids is 2. The molecule has 1 heterocycles. The fourth-order valence-electron chi connectivity index (χ4n) is 4.27. The number of carbonyl (C=O) groups is 2. The summed E-state index contributed by atoms with van der Waals surface area (Å²) in [6.45, 7) is 0. The van der Waals surface area contributed by atoms with E-state index in [1.54, 1.807) is 37.4 Å². The first-order chi connectivity index (χ1) is 16.1. The quantitative estimate of drug-likeness (QED) is 0.538. The van der Waals surface area contributed by atoms with Crippen LogP contribution in [0.3, 0.4) is 0 Å². The molecule has 0 spiro atoms. The Hall–Kier alpha value is -3.74. The van der Waals surface area contributed by atoms with Gasteiger partial charge in [-0.25, -0.2) is 0 Å². The van der Waals surface area contributed by atoms with Crippen molar-refractivity contribution in [1.29, 1.82) is 0 Å². The van der Waals surface area contributed by atoms with Gasteiger partial charge in [0.2, 0.25) is 5.91 Å². The molecule has 2 amide bonds. The highest BCUT2D eigenvalue weighted by Gasteiger charge is 2.37. The summed E-state index contributed by atoms with van der Waals surface area (Å²) in [5, 5.41) is 3.16. The lowest BCUT2D eigenvalue weighted by Gasteiger charge is -2.32. The predicted molar refractivity (Wildman–Crippen MR) is 125 cm³/mol. The van der Waals surface area contributed by atoms with E-state index in [0.717, 1.165) is 25.7 Å². The number of nitrogens with zero attached hydrogens (tertiary/aromatic N) is 1. The Labute approximate surface area is 193 Å². The van der Waals surface area contributed by atoms with Crippen molar-refractivity contribution in [2.45, 2.75) is 37.8 Å². The molecule has 33 heavy (non-hydrogen) atoms. The normalized spacial score (nSPS) is 14.5. The third kappa shape index (κ3) is 4.87. The van der Waals surface area contributed by atoms with Crippen LogP contribution in [0.15, 0.2) is 71.3 Å². The van der Waals surface area contributed by atoms with Crippen molar-refractivity contribution in [2.75, 3.05) is 19.1 Å². The molecule has 1 aliphatic rings. The molecule has 7 nitrogen and oxygen atoms in total. The van der Waals surface area contributed by atoms with E-state index in [1.165, 1.54) is 18.3 Å². The van der Waals surface area contributed by atoms with Crippen molar-refractivity contribution in [3.05, 3.63) is 78.3 Å². The molecule has 1 aromatic heterocycles. The lowest BCUT2D eigenvalue weighted by molar-refractivity contribution is -0.123. The van der Waals surface area contributed by atoms with Gasteiger partial charge in [0.25, 0.3) is 5.91 Å². The molecule has 2 aromatic carbocycles. The average Bonchev–Trinajstić information content (AvgIpc) is 3.57. The van der Waals surface area contributed by atoms with Crippen LogP contribution >= 0.6 is 0 Å². The van der Waals surface area contributed by atoms with Crippen LogP contribution in [0.2, 0.25) is 0 Å². The third-order valence-electron chi connectivity index (χ3n) is 5.92. The summed E-state index contributed by atoms with van der Waals surface area (Å²) < 4.78 is 16.4. The molecular weight excluding hydrogens is 420 g/mol. The maximum Gasteiger partial charge on any atom is 0.295 e. The van der Waals surface area contributed by atoms with Crippen LogP contribution in [-0.2, 0) is 4.79 Å². The van der Waals surface area contributed by atoms with Gasteiger partial charge >= 0.3 is 0 Å². The Kier molecular flexibility index (Phi) is 6.98. The summed E-state index contributed by atoms with van der Waals surface area (Å²) >= 11 is 0. The van der Waals surface area contributed by atoms with Gasteiger partial charge in [-0.3, -0.25) is 14.5 Å². The third-order valence-corrected chi connectivity index (χ3v) is 5.92. The molecule has 0 radical (unpaired) electrons. The summed E-state index contributed by atoms with van der Waals surface area (Å²) in [6, 6.07) is 16.8. The molecule has 1 fully saturated rings. The highest BCUT2D eigenvalue weighted by molar-refractivity contribution is 6.09. The van der Waals surface area contributed by atoms with Crippen LogP contribution in [-0.4, -0.2) is 32.1 Å². The van der Waals surface area contributed by atoms with Crippen LogP contribution in [0.4, 0.5) is 5.69 Å². The fraction of sp³-hybridized carbons (Fsp3) is 0.308. The number of amides is 2. The van der Waals surface area contributed by atoms with Gasteiger partial charge in [0.05, 0.1) is 26.2 Å². The highest BCUT2D eigenvalue weighted by Crippen LogP contribution is 2.38. The first kappa shape index (κ1) is 22.5. The zero-order valence-electron chi connectivity index (χ0n) is 18.8. The topological polar surface area (TPSA) is 81.0 Å². The van der Waals surface area contributed by atoms with Crippen molar-refractivity contribution in [1.82, 2.24) is 5.32 Å². The molecule has 172 valence electrons. The molecule has 1 aliphatic carbocycles. The summed E-state index contributed by atoms with van der Waals surface area (Å²) in [7, 11) is 3.08. The molecule has 1 saturated carbocycles. The first-order valence-corrected chi connectivity index (χ1v) is 11.1. The van der Waals surface area contributed by atoms with Crippen molar-refractivity contribution in [2.24, 2.45) is 0 Å². The first-order valence-electron chi connectivity index (χ1n) is 11.1. The van der Waals surface area contributed by atoms with Crippen molar-refractivity contribution in [3.63, 3.8) is 0 Å². The van der Waals surface area contributed by atoms with Crippen molar-refractivity contribution < 1.29 is 23.5 Å². The van der Waals surface area contributed by atoms with Crippen LogP contribution in [0.1, 0.15) is 47.8 Å². The van der Waals surface area contributed by atoms with E-state index in [9.17, 15) is 9.59 Å². The van der Waals surface area contributed by atoms with Crippen LogP contribution < -0.4 is 19.7 Å². The Morgan fingerprint density at radius 3 is 2.39 bits per heavy atom. The number of anilines is 1. The van der Waals surface area contributed by atoms with Crippen LogP contribution in [0.25, 0.3) is 0 Å². The number of hydrogen-bond donors (Lipinski definition) is 1. The average molecular weight is 449 g/mol. The second-order valence-corrected chi connectivity index (χ2v) is 7.99. The maximum atomic E-state index is 13.8. The van der Waals surface area contributed by atoms with E-state index < -0.39 is 11.9 Å². The zero-order valence-corrected chi connectivity index (χ0v) is 18.8. The number of nitrogens with one attached hydrogen (secondary N) is 1. The molecule has 0 unspecified atom stereocenters. The van der Waals surface area contributed by atoms with Crippen LogP contribution in [0.5, 0.6) is 11.5 Å². The molecule has 0 bridgehead atoms. The van der Waals surface area contributed by atoms with Gasteiger partial charge in [-0.2, -0.15) is 0 Å². The lowest BCUT2D eigenvalue weighted by Crippen LogP contribution is -2.46. The number of ether oxygens (including phenoxy) is 2. The minimum Gasteiger partial charge on any atom is -0.497 e. The van der Waals surface area contributed by atoms with E-state index in [-0.39, 0.29) is 17.7 Å². The van der Waals surface area contributed by atoms with Gasteiger partial charge < -0.3 is 19.2 Å². The van der Waals surface area contributed by atoms with Gasteiger partial charge in [0.15, 0.2) is 5.76 Å². The van der Waals surface area contributed by atoms with Gasteiger partial charge in [-0.15, -0.1) is 0 Å². The van der Waals surface area contributed by atoms with E-state index in [4.69, 9.17) is 13.9 Å². The van der Waals surface area contributed by atoms with E-state index in [2.05, 4.69) is 5.32 Å². The van der Waals surface area contributed by atoms with Crippen molar-refractivity contribution in [3.8, 4) is 11.5 Å². The van der Waals surface area contributed by atoms with Gasteiger partial charge in [-0.1, -0.05) is 43.2 Å². The number of methoxy groups -OCH3 is 2. The van der Waals surface area contributed by atoms with E-state index >= 15 is 0 Å². The molecule has 3 aromatic rings. The maximum absolute atomic E-state index is 13.8. The standard InChI is InChI=1S/C26H28N2O5/c1-31-20-14-15-21(23(17-20)32-2)28(26(30)22-13-8-16-33-22)24(18-9-4-3-5-10-18)25(29)27-19-11-6-7-12-19/h3-5,8-10,13-17,19,24H,6-7,11-12H2,1-2H3,(H,27,29)/t24-/m1/s1. The van der Waals surface area contributed by atoms with E-state index in [1.807, 2.05) is 30.3 Å². The molecule has 0 saturated heterocycles. The second kappa shape index (κ2) is 10.3. The Morgan fingerprint density at radius 1 is 1.00 bits per heavy atom. The molecule has 0 aliphatic heterocycles. The second-order valence-electron chi connectivity index (χ2n) is 7.99. The zero-order chi connectivity index (χ0) is 23.2. The smallest absolute Gasteiger partial charge is 0.295 e. The largest absolute Gasteiger partial charge is 0.497 e. The predicted octanol–water partition coefficient (Wildman–Crippen LogP) is 4.74. The van der Waals surface area contributed by atoms with E-state index in [0.29, 0.717) is 22.7 Å². The SMILES string of the molecule is COc1ccc(N(C(=O)c2ccco2)[C@@H](C(=O)NC2CCCC2)c2ccccc2)c(OC)c1. The summed E-state index contributed by atoms with van der Waals surface area (Å²) in [5.74, 6) is 0.420. The van der Waals surface area contributed by atoms with Crippen LogP contribution in [0, 0.1) is 0 Å². The Bertz CT molecular complexity index is 1080. The minimum atomic E-state index is -0.924.